The number of nitrogens with one attached hydrogen (secondary N) is 1. The average molecular weight is 506 g/mol. The number of nitrogens with two attached hydrogens (primary N) is 1. The van der Waals surface area contributed by atoms with Crippen LogP contribution in [0.4, 0.5) is 14.7 Å². The third-order valence-electron chi connectivity index (χ3n) is 5.70. The summed E-state index contributed by atoms with van der Waals surface area (Å²) in [6.07, 6.45) is 6.73. The Morgan fingerprint density at radius 1 is 1.11 bits per heavy atom. The van der Waals surface area contributed by atoms with Gasteiger partial charge >= 0.3 is 0 Å². The van der Waals surface area contributed by atoms with Gasteiger partial charge in [0.25, 0.3) is 0 Å². The number of anilines is 1. The van der Waals surface area contributed by atoms with Gasteiger partial charge in [-0.25, -0.2) is 18.7 Å². The third kappa shape index (κ3) is 7.49. The number of methoxy groups -OCH3 is 2. The summed E-state index contributed by atoms with van der Waals surface area (Å²) in [5.74, 6) is -1.54. The van der Waals surface area contributed by atoms with E-state index in [9.17, 15) is 8.78 Å². The first-order valence-electron chi connectivity index (χ1n) is 11.6. The SMILES string of the molecule is COc1cc(OC)c(F)c(COc2cnc(NC(C=NCCCN3CCN(C)CC3)=CN)nc2)c1F. The van der Waals surface area contributed by atoms with Gasteiger partial charge in [0, 0.05) is 51.2 Å². The third-order valence-corrected chi connectivity index (χ3v) is 5.70. The van der Waals surface area contributed by atoms with Crippen molar-refractivity contribution in [3.8, 4) is 17.2 Å². The molecule has 0 spiro atoms. The molecule has 0 radical (unpaired) electrons. The van der Waals surface area contributed by atoms with E-state index in [1.165, 1.54) is 32.8 Å². The summed E-state index contributed by atoms with van der Waals surface area (Å²) in [6.45, 7) is 5.66. The number of allylic oxidation sites excluding steroid dienone is 1. The number of nitrogens with zero attached hydrogens (tertiary/aromatic N) is 5. The number of halogens is 2. The maximum atomic E-state index is 14.5. The summed E-state index contributed by atoms with van der Waals surface area (Å²) in [5, 5.41) is 2.96. The predicted octanol–water partition coefficient (Wildman–Crippen LogP) is 2.27. The first-order chi connectivity index (χ1) is 17.4. The lowest BCUT2D eigenvalue weighted by Gasteiger charge is -2.32. The van der Waals surface area contributed by atoms with Gasteiger partial charge in [0.15, 0.2) is 28.9 Å². The summed E-state index contributed by atoms with van der Waals surface area (Å²) in [7, 11) is 4.70. The molecule has 0 unspecified atom stereocenters. The molecule has 196 valence electrons. The van der Waals surface area contributed by atoms with Crippen molar-refractivity contribution in [2.45, 2.75) is 13.0 Å². The Morgan fingerprint density at radius 2 is 1.75 bits per heavy atom. The molecule has 1 saturated heterocycles. The van der Waals surface area contributed by atoms with Crippen molar-refractivity contribution < 1.29 is 23.0 Å². The Morgan fingerprint density at radius 3 is 2.33 bits per heavy atom. The Hall–Kier alpha value is -3.51. The fourth-order valence-corrected chi connectivity index (χ4v) is 3.54. The zero-order chi connectivity index (χ0) is 25.9. The number of rotatable bonds is 12. The van der Waals surface area contributed by atoms with E-state index in [0.29, 0.717) is 12.2 Å². The number of hydrogen-bond donors (Lipinski definition) is 2. The minimum atomic E-state index is -0.865. The molecule has 0 bridgehead atoms. The van der Waals surface area contributed by atoms with E-state index in [0.717, 1.165) is 45.2 Å². The van der Waals surface area contributed by atoms with Crippen LogP contribution < -0.4 is 25.3 Å². The molecule has 0 amide bonds. The molecule has 3 rings (SSSR count). The van der Waals surface area contributed by atoms with Crippen LogP contribution in [0.15, 0.2) is 35.3 Å². The van der Waals surface area contributed by atoms with Crippen molar-refractivity contribution in [1.29, 1.82) is 0 Å². The summed E-state index contributed by atoms with van der Waals surface area (Å²) in [4.78, 5) is 17.5. The van der Waals surface area contributed by atoms with E-state index in [-0.39, 0.29) is 28.8 Å². The van der Waals surface area contributed by atoms with Gasteiger partial charge in [-0.15, -0.1) is 0 Å². The van der Waals surface area contributed by atoms with Crippen molar-refractivity contribution in [3.05, 3.63) is 47.6 Å². The molecule has 12 heteroatoms. The van der Waals surface area contributed by atoms with Crippen molar-refractivity contribution in [3.63, 3.8) is 0 Å². The van der Waals surface area contributed by atoms with Gasteiger partial charge in [-0.05, 0) is 20.0 Å². The molecule has 2 heterocycles. The lowest BCUT2D eigenvalue weighted by atomic mass is 10.1. The first-order valence-corrected chi connectivity index (χ1v) is 11.6. The van der Waals surface area contributed by atoms with Crippen molar-refractivity contribution in [2.24, 2.45) is 10.7 Å². The Kier molecular flexibility index (Phi) is 10.2. The Balaban J connectivity index is 1.48. The maximum Gasteiger partial charge on any atom is 0.227 e. The number of benzene rings is 1. The largest absolute Gasteiger partial charge is 0.494 e. The van der Waals surface area contributed by atoms with E-state index < -0.39 is 18.2 Å². The highest BCUT2D eigenvalue weighted by atomic mass is 19.1. The molecule has 1 aromatic heterocycles. The molecule has 0 saturated carbocycles. The smallest absolute Gasteiger partial charge is 0.227 e. The zero-order valence-electron chi connectivity index (χ0n) is 20.8. The van der Waals surface area contributed by atoms with E-state index in [4.69, 9.17) is 19.9 Å². The summed E-state index contributed by atoms with van der Waals surface area (Å²) < 4.78 is 44.3. The molecular weight excluding hydrogens is 472 g/mol. The molecular formula is C24H33F2N7O3. The Bertz CT molecular complexity index is 1010. The monoisotopic (exact) mass is 505 g/mol. The van der Waals surface area contributed by atoms with Crippen molar-refractivity contribution in [1.82, 2.24) is 19.8 Å². The van der Waals surface area contributed by atoms with Gasteiger partial charge in [-0.1, -0.05) is 0 Å². The van der Waals surface area contributed by atoms with Crippen LogP contribution >= 0.6 is 0 Å². The van der Waals surface area contributed by atoms with Gasteiger partial charge in [-0.3, -0.25) is 4.99 Å². The van der Waals surface area contributed by atoms with Crippen LogP contribution in [0.2, 0.25) is 0 Å². The normalized spacial score (nSPS) is 15.3. The molecule has 2 aromatic rings. The second-order valence-electron chi connectivity index (χ2n) is 8.20. The first kappa shape index (κ1) is 27.1. The highest BCUT2D eigenvalue weighted by Crippen LogP contribution is 2.31. The topological polar surface area (TPSA) is 110 Å². The molecule has 36 heavy (non-hydrogen) atoms. The van der Waals surface area contributed by atoms with Crippen LogP contribution in [-0.2, 0) is 6.61 Å². The summed E-state index contributed by atoms with van der Waals surface area (Å²) >= 11 is 0. The van der Waals surface area contributed by atoms with E-state index in [1.807, 2.05) is 0 Å². The number of ether oxygens (including phenoxy) is 3. The standard InChI is InChI=1S/C24H33F2N7O3/c1-32-7-9-33(10-8-32)6-4-5-28-13-17(12-27)31-24-29-14-18(15-30-24)36-16-19-22(25)20(34-2)11-21(35-3)23(19)26/h11-15H,4-10,16,27H2,1-3H3,(H,29,30,31). The fraction of sp³-hybridized carbons (Fsp3) is 0.458. The van der Waals surface area contributed by atoms with Crippen LogP contribution in [0.25, 0.3) is 0 Å². The van der Waals surface area contributed by atoms with Crippen LogP contribution in [0.5, 0.6) is 17.2 Å². The number of aromatic nitrogens is 2. The van der Waals surface area contributed by atoms with Gasteiger partial charge in [0.2, 0.25) is 5.95 Å². The summed E-state index contributed by atoms with van der Waals surface area (Å²) in [5.41, 5.74) is 5.89. The molecule has 1 aliphatic heterocycles. The second kappa shape index (κ2) is 13.5. The zero-order valence-corrected chi connectivity index (χ0v) is 20.8. The molecule has 1 aromatic carbocycles. The van der Waals surface area contributed by atoms with Gasteiger partial charge < -0.3 is 35.1 Å². The predicted molar refractivity (Wildman–Crippen MR) is 134 cm³/mol. The van der Waals surface area contributed by atoms with Gasteiger partial charge in [-0.2, -0.15) is 0 Å². The lowest BCUT2D eigenvalue weighted by molar-refractivity contribution is 0.153. The molecule has 1 aliphatic rings. The molecule has 3 N–H and O–H groups in total. The van der Waals surface area contributed by atoms with Crippen molar-refractivity contribution in [2.75, 3.05) is 65.9 Å². The molecule has 1 fully saturated rings. The number of aliphatic imine (C=N–C) groups is 1. The maximum absolute atomic E-state index is 14.5. The van der Waals surface area contributed by atoms with Crippen LogP contribution in [0.1, 0.15) is 12.0 Å². The molecule has 0 aliphatic carbocycles. The Labute approximate surface area is 209 Å². The lowest BCUT2D eigenvalue weighted by Crippen LogP contribution is -2.44. The van der Waals surface area contributed by atoms with Crippen molar-refractivity contribution >= 4 is 12.2 Å². The van der Waals surface area contributed by atoms with E-state index in [2.05, 4.69) is 37.1 Å². The number of hydrogen-bond acceptors (Lipinski definition) is 10. The highest BCUT2D eigenvalue weighted by molar-refractivity contribution is 5.81. The van der Waals surface area contributed by atoms with E-state index >= 15 is 0 Å². The van der Waals surface area contributed by atoms with Crippen LogP contribution in [0, 0.1) is 11.6 Å². The van der Waals surface area contributed by atoms with E-state index in [1.54, 1.807) is 6.21 Å². The molecule has 0 atom stereocenters. The average Bonchev–Trinajstić information content (AvgIpc) is 2.89. The second-order valence-corrected chi connectivity index (χ2v) is 8.20. The van der Waals surface area contributed by atoms with Gasteiger partial charge in [0.1, 0.15) is 6.61 Å². The van der Waals surface area contributed by atoms with Gasteiger partial charge in [0.05, 0.1) is 37.9 Å². The number of likely N-dealkylation sites (N-methyl/N-ethyl adjacent to an activating group) is 1. The minimum Gasteiger partial charge on any atom is -0.494 e. The quantitative estimate of drug-likeness (QED) is 0.332. The minimum absolute atomic E-state index is 0.148. The highest BCUT2D eigenvalue weighted by Gasteiger charge is 2.20. The molecule has 10 nitrogen and oxygen atoms in total. The number of piperazine rings is 1. The fourth-order valence-electron chi connectivity index (χ4n) is 3.54. The van der Waals surface area contributed by atoms with Crippen LogP contribution in [0.3, 0.4) is 0 Å². The van der Waals surface area contributed by atoms with Crippen LogP contribution in [-0.4, -0.2) is 86.5 Å². The summed E-state index contributed by atoms with van der Waals surface area (Å²) in [6, 6.07) is 1.14.